The fourth-order valence-electron chi connectivity index (χ4n) is 2.29. The summed E-state index contributed by atoms with van der Waals surface area (Å²) >= 11 is 0. The molecule has 0 fully saturated rings. The van der Waals surface area contributed by atoms with Crippen molar-refractivity contribution in [1.29, 1.82) is 5.26 Å². The summed E-state index contributed by atoms with van der Waals surface area (Å²) in [7, 11) is 3.78. The Morgan fingerprint density at radius 2 is 1.72 bits per heavy atom. The predicted molar refractivity (Wildman–Crippen MR) is 103 cm³/mol. The van der Waals surface area contributed by atoms with Crippen molar-refractivity contribution in [3.63, 3.8) is 0 Å². The third-order valence-electron chi connectivity index (χ3n) is 3.80. The Bertz CT molecular complexity index is 931. The number of alkyl halides is 2. The summed E-state index contributed by atoms with van der Waals surface area (Å²) in [5.74, 6) is -1.58. The second-order valence-corrected chi connectivity index (χ2v) is 6.06. The van der Waals surface area contributed by atoms with Gasteiger partial charge in [-0.15, -0.1) is 0 Å². The SMILES string of the molecule is CN(C)c1ccc(/C=C(\C#N)C(=O)OCC(=O)c2ccc(OC(F)F)cc2)cc1. The highest BCUT2D eigenvalue weighted by molar-refractivity contribution is 6.01. The Kier molecular flexibility index (Phi) is 7.43. The number of anilines is 1. The average Bonchev–Trinajstić information content (AvgIpc) is 2.70. The molecule has 0 aromatic heterocycles. The highest BCUT2D eigenvalue weighted by Crippen LogP contribution is 2.17. The first-order valence-electron chi connectivity index (χ1n) is 8.44. The summed E-state index contributed by atoms with van der Waals surface area (Å²) in [6.45, 7) is -3.56. The number of benzene rings is 2. The van der Waals surface area contributed by atoms with Crippen LogP contribution in [0.15, 0.2) is 54.1 Å². The number of hydrogen-bond donors (Lipinski definition) is 0. The van der Waals surface area contributed by atoms with Gasteiger partial charge in [-0.2, -0.15) is 14.0 Å². The van der Waals surface area contributed by atoms with E-state index in [-0.39, 0.29) is 16.9 Å². The van der Waals surface area contributed by atoms with Crippen LogP contribution in [0.5, 0.6) is 5.75 Å². The zero-order valence-corrected chi connectivity index (χ0v) is 15.8. The molecule has 0 saturated carbocycles. The molecule has 2 rings (SSSR count). The number of rotatable bonds is 8. The summed E-state index contributed by atoms with van der Waals surface area (Å²) in [6, 6.07) is 13.9. The molecule has 6 nitrogen and oxygen atoms in total. The lowest BCUT2D eigenvalue weighted by atomic mass is 10.1. The van der Waals surface area contributed by atoms with Crippen LogP contribution in [-0.2, 0) is 9.53 Å². The predicted octanol–water partition coefficient (Wildman–Crippen LogP) is 3.69. The van der Waals surface area contributed by atoms with Gasteiger partial charge in [0.2, 0.25) is 0 Å². The van der Waals surface area contributed by atoms with Crippen molar-refractivity contribution in [1.82, 2.24) is 0 Å². The van der Waals surface area contributed by atoms with E-state index in [1.807, 2.05) is 31.1 Å². The molecule has 29 heavy (non-hydrogen) atoms. The van der Waals surface area contributed by atoms with E-state index in [4.69, 9.17) is 4.74 Å². The van der Waals surface area contributed by atoms with Gasteiger partial charge in [0.1, 0.15) is 17.4 Å². The lowest BCUT2D eigenvalue weighted by molar-refractivity contribution is -0.137. The Balaban J connectivity index is 1.98. The zero-order chi connectivity index (χ0) is 21.4. The number of nitriles is 1. The maximum atomic E-state index is 12.1. The van der Waals surface area contributed by atoms with Gasteiger partial charge < -0.3 is 14.4 Å². The van der Waals surface area contributed by atoms with Crippen LogP contribution in [0, 0.1) is 11.3 Å². The summed E-state index contributed by atoms with van der Waals surface area (Å²) in [5, 5.41) is 9.20. The van der Waals surface area contributed by atoms with Gasteiger partial charge in [0.15, 0.2) is 12.4 Å². The highest BCUT2D eigenvalue weighted by Gasteiger charge is 2.15. The van der Waals surface area contributed by atoms with Crippen molar-refractivity contribution < 1.29 is 27.8 Å². The van der Waals surface area contributed by atoms with Gasteiger partial charge in [-0.3, -0.25) is 4.79 Å². The molecule has 0 heterocycles. The fourth-order valence-corrected chi connectivity index (χ4v) is 2.29. The van der Waals surface area contributed by atoms with Gasteiger partial charge in [0, 0.05) is 25.3 Å². The number of ether oxygens (including phenoxy) is 2. The molecular formula is C21H18F2N2O4. The molecular weight excluding hydrogens is 382 g/mol. The molecule has 0 bridgehead atoms. The van der Waals surface area contributed by atoms with Crippen molar-refractivity contribution in [3.8, 4) is 11.8 Å². The van der Waals surface area contributed by atoms with Crippen LogP contribution in [-0.4, -0.2) is 39.1 Å². The van der Waals surface area contributed by atoms with Crippen molar-refractivity contribution in [3.05, 3.63) is 65.2 Å². The van der Waals surface area contributed by atoms with Crippen molar-refractivity contribution in [2.24, 2.45) is 0 Å². The number of esters is 1. The topological polar surface area (TPSA) is 79.6 Å². The highest BCUT2D eigenvalue weighted by atomic mass is 19.3. The van der Waals surface area contributed by atoms with Crippen LogP contribution in [0.4, 0.5) is 14.5 Å². The number of carbonyl (C=O) groups excluding carboxylic acids is 2. The van der Waals surface area contributed by atoms with Crippen LogP contribution < -0.4 is 9.64 Å². The van der Waals surface area contributed by atoms with E-state index in [1.165, 1.54) is 30.3 Å². The first-order chi connectivity index (χ1) is 13.8. The third kappa shape index (κ3) is 6.43. The molecule has 0 saturated heterocycles. The molecule has 0 radical (unpaired) electrons. The quantitative estimate of drug-likeness (QED) is 0.291. The van der Waals surface area contributed by atoms with E-state index >= 15 is 0 Å². The first kappa shape index (κ1) is 21.6. The molecule has 2 aromatic rings. The minimum atomic E-state index is -2.97. The number of Topliss-reactive ketones (excluding diaryl/α,β-unsaturated/α-hetero) is 1. The van der Waals surface area contributed by atoms with E-state index in [0.29, 0.717) is 5.56 Å². The summed E-state index contributed by atoms with van der Waals surface area (Å²) < 4.78 is 33.4. The molecule has 0 spiro atoms. The molecule has 0 aliphatic carbocycles. The van der Waals surface area contributed by atoms with Crippen molar-refractivity contribution >= 4 is 23.5 Å². The van der Waals surface area contributed by atoms with Crippen LogP contribution in [0.25, 0.3) is 6.08 Å². The largest absolute Gasteiger partial charge is 0.453 e. The van der Waals surface area contributed by atoms with E-state index in [0.717, 1.165) is 5.69 Å². The van der Waals surface area contributed by atoms with Gasteiger partial charge in [-0.05, 0) is 48.0 Å². The van der Waals surface area contributed by atoms with Crippen molar-refractivity contribution in [2.75, 3.05) is 25.6 Å². The number of carbonyl (C=O) groups is 2. The minimum absolute atomic E-state index is 0.0940. The van der Waals surface area contributed by atoms with E-state index in [9.17, 15) is 23.6 Å². The number of nitrogens with zero attached hydrogens (tertiary/aromatic N) is 2. The number of ketones is 1. The van der Waals surface area contributed by atoms with Crippen LogP contribution >= 0.6 is 0 Å². The molecule has 8 heteroatoms. The van der Waals surface area contributed by atoms with E-state index < -0.39 is 25.0 Å². The second kappa shape index (κ2) is 9.99. The van der Waals surface area contributed by atoms with Crippen LogP contribution in [0.2, 0.25) is 0 Å². The van der Waals surface area contributed by atoms with Crippen LogP contribution in [0.1, 0.15) is 15.9 Å². The van der Waals surface area contributed by atoms with Gasteiger partial charge in [0.25, 0.3) is 0 Å². The Hall–Kier alpha value is -3.73. The second-order valence-electron chi connectivity index (χ2n) is 6.06. The van der Waals surface area contributed by atoms with E-state index in [2.05, 4.69) is 4.74 Å². The van der Waals surface area contributed by atoms with Gasteiger partial charge in [0.05, 0.1) is 0 Å². The van der Waals surface area contributed by atoms with Gasteiger partial charge >= 0.3 is 12.6 Å². The molecule has 0 atom stereocenters. The summed E-state index contributed by atoms with van der Waals surface area (Å²) in [6.07, 6.45) is 1.36. The van der Waals surface area contributed by atoms with Crippen molar-refractivity contribution in [2.45, 2.75) is 6.61 Å². The number of halogens is 2. The lowest BCUT2D eigenvalue weighted by Crippen LogP contribution is -2.15. The minimum Gasteiger partial charge on any atom is -0.453 e. The molecule has 0 unspecified atom stereocenters. The van der Waals surface area contributed by atoms with Crippen LogP contribution in [0.3, 0.4) is 0 Å². The lowest BCUT2D eigenvalue weighted by Gasteiger charge is -2.11. The van der Waals surface area contributed by atoms with Gasteiger partial charge in [-0.25, -0.2) is 4.79 Å². The smallest absolute Gasteiger partial charge is 0.387 e. The molecule has 2 aromatic carbocycles. The fraction of sp³-hybridized carbons (Fsp3) is 0.190. The first-order valence-corrected chi connectivity index (χ1v) is 8.44. The Morgan fingerprint density at radius 1 is 1.10 bits per heavy atom. The Labute approximate surface area is 166 Å². The monoisotopic (exact) mass is 400 g/mol. The summed E-state index contributed by atoms with van der Waals surface area (Å²) in [4.78, 5) is 26.1. The third-order valence-corrected chi connectivity index (χ3v) is 3.80. The van der Waals surface area contributed by atoms with Gasteiger partial charge in [-0.1, -0.05) is 12.1 Å². The molecule has 0 aliphatic rings. The zero-order valence-electron chi connectivity index (χ0n) is 15.8. The maximum Gasteiger partial charge on any atom is 0.387 e. The number of hydrogen-bond acceptors (Lipinski definition) is 6. The normalized spacial score (nSPS) is 11.0. The standard InChI is InChI=1S/C21H18F2N2O4/c1-25(2)17-7-3-14(4-8-17)11-16(12-24)20(27)28-13-19(26)15-5-9-18(10-6-15)29-21(22)23/h3-11,21H,13H2,1-2H3/b16-11+. The average molecular weight is 400 g/mol. The maximum absolute atomic E-state index is 12.1. The molecule has 150 valence electrons. The Morgan fingerprint density at radius 3 is 2.24 bits per heavy atom. The molecule has 0 amide bonds. The molecule has 0 aliphatic heterocycles. The van der Waals surface area contributed by atoms with E-state index in [1.54, 1.807) is 18.2 Å². The molecule has 0 N–H and O–H groups in total. The summed E-state index contributed by atoms with van der Waals surface area (Å²) in [5.41, 5.74) is 1.49.